The summed E-state index contributed by atoms with van der Waals surface area (Å²) in [6.45, 7) is 0. The van der Waals surface area contributed by atoms with Gasteiger partial charge in [-0.25, -0.2) is 9.59 Å². The number of carbonyl (C=O) groups is 2. The molecule has 0 aliphatic heterocycles. The molecule has 0 aliphatic carbocycles. The Kier molecular flexibility index (Phi) is 4.42. The summed E-state index contributed by atoms with van der Waals surface area (Å²) in [4.78, 5) is 24.2. The molecule has 0 aliphatic rings. The number of rotatable bonds is 5. The smallest absolute Gasteiger partial charge is 0.335 e. The van der Waals surface area contributed by atoms with Crippen LogP contribution in [0.4, 0.5) is 0 Å². The largest absolute Gasteiger partial charge is 0.478 e. The molecule has 9 heteroatoms. The molecule has 2 heterocycles. The fraction of sp³-hybridized carbons (Fsp3) is 0. The van der Waals surface area contributed by atoms with E-state index in [-0.39, 0.29) is 11.1 Å². The van der Waals surface area contributed by atoms with Crippen molar-refractivity contribution in [1.82, 2.24) is 20.6 Å². The Morgan fingerprint density at radius 3 is 2.14 bits per heavy atom. The molecule has 0 amide bonds. The van der Waals surface area contributed by atoms with Gasteiger partial charge in [0.05, 0.1) is 11.1 Å². The molecular weight excluding hydrogens is 380 g/mol. The van der Waals surface area contributed by atoms with Crippen molar-refractivity contribution in [2.45, 2.75) is 0 Å². The molecule has 0 saturated heterocycles. The summed E-state index contributed by atoms with van der Waals surface area (Å²) >= 11 is 1.40. The van der Waals surface area contributed by atoms with Crippen LogP contribution in [-0.2, 0) is 0 Å². The Hall–Kier alpha value is -3.85. The molecule has 2 aromatic carbocycles. The summed E-state index contributed by atoms with van der Waals surface area (Å²) in [5.41, 5.74) is 2.46. The molecule has 8 nitrogen and oxygen atoms in total. The molecule has 0 unspecified atom stereocenters. The second-order valence-corrected chi connectivity index (χ2v) is 6.91. The highest BCUT2D eigenvalue weighted by molar-refractivity contribution is 7.19. The van der Waals surface area contributed by atoms with Crippen LogP contribution in [0.2, 0.25) is 0 Å². The third kappa shape index (κ3) is 3.26. The molecule has 0 bridgehead atoms. The van der Waals surface area contributed by atoms with Gasteiger partial charge in [0.25, 0.3) is 0 Å². The van der Waals surface area contributed by atoms with Gasteiger partial charge >= 0.3 is 11.9 Å². The maximum Gasteiger partial charge on any atom is 0.335 e. The number of H-pyrrole nitrogens is 1. The van der Waals surface area contributed by atoms with Crippen LogP contribution in [0, 0.1) is 0 Å². The molecule has 3 N–H and O–H groups in total. The molecule has 28 heavy (non-hydrogen) atoms. The van der Waals surface area contributed by atoms with Gasteiger partial charge in [0, 0.05) is 15.3 Å². The molecule has 138 valence electrons. The van der Waals surface area contributed by atoms with E-state index >= 15 is 0 Å². The number of hydrogen-bond donors (Lipinski definition) is 3. The first kappa shape index (κ1) is 17.6. The van der Waals surface area contributed by atoms with E-state index in [1.165, 1.54) is 23.5 Å². The predicted molar refractivity (Wildman–Crippen MR) is 102 cm³/mol. The van der Waals surface area contributed by atoms with Crippen molar-refractivity contribution in [1.29, 1.82) is 0 Å². The Bertz CT molecular complexity index is 1180. The zero-order valence-corrected chi connectivity index (χ0v) is 15.0. The minimum absolute atomic E-state index is 0.166. The van der Waals surface area contributed by atoms with Gasteiger partial charge in [0.1, 0.15) is 0 Å². The lowest BCUT2D eigenvalue weighted by Crippen LogP contribution is -1.95. The van der Waals surface area contributed by atoms with Gasteiger partial charge in [-0.15, -0.1) is 21.5 Å². The van der Waals surface area contributed by atoms with Crippen LogP contribution < -0.4 is 0 Å². The van der Waals surface area contributed by atoms with Crippen LogP contribution in [-0.4, -0.2) is 42.8 Å². The highest BCUT2D eigenvalue weighted by atomic mass is 32.1. The molecule has 0 radical (unpaired) electrons. The lowest BCUT2D eigenvalue weighted by Gasteiger charge is -2.02. The molecule has 0 atom stereocenters. The van der Waals surface area contributed by atoms with E-state index in [4.69, 9.17) is 0 Å². The zero-order chi connectivity index (χ0) is 19.7. The summed E-state index contributed by atoms with van der Waals surface area (Å²) in [6.07, 6.45) is 0. The average Bonchev–Trinajstić information content (AvgIpc) is 3.38. The summed E-state index contributed by atoms with van der Waals surface area (Å²) in [7, 11) is 0. The Labute approximate surface area is 162 Å². The van der Waals surface area contributed by atoms with Gasteiger partial charge in [-0.1, -0.05) is 24.3 Å². The monoisotopic (exact) mass is 392 g/mol. The van der Waals surface area contributed by atoms with Crippen molar-refractivity contribution in [2.24, 2.45) is 0 Å². The number of hydrogen-bond acceptors (Lipinski definition) is 6. The van der Waals surface area contributed by atoms with E-state index in [1.807, 2.05) is 12.1 Å². The third-order valence-corrected chi connectivity index (χ3v) is 5.32. The van der Waals surface area contributed by atoms with E-state index < -0.39 is 11.9 Å². The molecule has 2 aromatic heterocycles. The van der Waals surface area contributed by atoms with Crippen LogP contribution in [0.15, 0.2) is 54.6 Å². The summed E-state index contributed by atoms with van der Waals surface area (Å²) in [5, 5.41) is 32.6. The van der Waals surface area contributed by atoms with Crippen LogP contribution in [0.3, 0.4) is 0 Å². The van der Waals surface area contributed by atoms with Gasteiger partial charge in [-0.05, 0) is 46.7 Å². The van der Waals surface area contributed by atoms with Crippen LogP contribution in [0.5, 0.6) is 0 Å². The summed E-state index contributed by atoms with van der Waals surface area (Å²) in [5.74, 6) is -1.66. The van der Waals surface area contributed by atoms with E-state index in [0.29, 0.717) is 17.0 Å². The molecule has 0 spiro atoms. The number of carboxylic acid groups (broad SMARTS) is 2. The van der Waals surface area contributed by atoms with Gasteiger partial charge in [0.15, 0.2) is 0 Å². The van der Waals surface area contributed by atoms with Crippen molar-refractivity contribution in [2.75, 3.05) is 0 Å². The number of tetrazole rings is 1. The number of benzene rings is 2. The van der Waals surface area contributed by atoms with Gasteiger partial charge in [0.2, 0.25) is 5.82 Å². The summed E-state index contributed by atoms with van der Waals surface area (Å²) in [6, 6.07) is 15.0. The van der Waals surface area contributed by atoms with Crippen LogP contribution >= 0.6 is 11.3 Å². The predicted octanol–water partition coefficient (Wildman–Crippen LogP) is 3.66. The maximum atomic E-state index is 11.3. The zero-order valence-electron chi connectivity index (χ0n) is 14.2. The number of thiophene rings is 1. The van der Waals surface area contributed by atoms with E-state index in [1.54, 1.807) is 30.3 Å². The van der Waals surface area contributed by atoms with Crippen LogP contribution in [0.25, 0.3) is 32.3 Å². The Morgan fingerprint density at radius 2 is 1.54 bits per heavy atom. The number of aromatic nitrogens is 4. The molecule has 4 aromatic rings. The fourth-order valence-corrected chi connectivity index (χ4v) is 3.94. The Morgan fingerprint density at radius 1 is 0.893 bits per heavy atom. The highest BCUT2D eigenvalue weighted by Crippen LogP contribution is 2.42. The number of aromatic carboxylic acids is 2. The normalized spacial score (nSPS) is 10.7. The second-order valence-electron chi connectivity index (χ2n) is 5.86. The molecule has 0 fully saturated rings. The molecule has 0 saturated carbocycles. The Balaban J connectivity index is 1.89. The topological polar surface area (TPSA) is 129 Å². The standard InChI is InChI=1S/C19H12N4O4S/c24-18(25)12-5-1-3-10(7-12)15-9-14(17-20-22-23-21-17)16(28-15)11-4-2-6-13(8-11)19(26)27/h1-9H,(H,24,25)(H,26,27)(H,20,21,22,23). The minimum atomic E-state index is -1.02. The quantitative estimate of drug-likeness (QED) is 0.473. The SMILES string of the molecule is O=C(O)c1cccc(-c2cc(-c3nn[nH]n3)c(-c3cccc(C(=O)O)c3)s2)c1. The second kappa shape index (κ2) is 7.05. The summed E-state index contributed by atoms with van der Waals surface area (Å²) < 4.78 is 0. The van der Waals surface area contributed by atoms with Gasteiger partial charge < -0.3 is 10.2 Å². The minimum Gasteiger partial charge on any atom is -0.478 e. The van der Waals surface area contributed by atoms with Crippen molar-refractivity contribution >= 4 is 23.3 Å². The highest BCUT2D eigenvalue weighted by Gasteiger charge is 2.18. The van der Waals surface area contributed by atoms with Crippen molar-refractivity contribution in [3.05, 3.63) is 65.7 Å². The first-order valence-corrected chi connectivity index (χ1v) is 8.89. The third-order valence-electron chi connectivity index (χ3n) is 4.08. The fourth-order valence-electron chi connectivity index (χ4n) is 2.79. The molecular formula is C19H12N4O4S. The number of aromatic amines is 1. The maximum absolute atomic E-state index is 11.3. The van der Waals surface area contributed by atoms with Crippen molar-refractivity contribution in [3.8, 4) is 32.3 Å². The first-order valence-electron chi connectivity index (χ1n) is 8.08. The van der Waals surface area contributed by atoms with Crippen LogP contribution in [0.1, 0.15) is 20.7 Å². The van der Waals surface area contributed by atoms with E-state index in [0.717, 1.165) is 15.3 Å². The average molecular weight is 392 g/mol. The molecule has 4 rings (SSSR count). The first-order chi connectivity index (χ1) is 13.5. The number of nitrogens with zero attached hydrogens (tertiary/aromatic N) is 3. The van der Waals surface area contributed by atoms with Gasteiger partial charge in [-0.3, -0.25) is 0 Å². The van der Waals surface area contributed by atoms with Crippen molar-refractivity contribution < 1.29 is 19.8 Å². The van der Waals surface area contributed by atoms with E-state index in [9.17, 15) is 19.8 Å². The van der Waals surface area contributed by atoms with Gasteiger partial charge in [-0.2, -0.15) is 5.21 Å². The van der Waals surface area contributed by atoms with Crippen molar-refractivity contribution in [3.63, 3.8) is 0 Å². The number of nitrogens with one attached hydrogen (secondary N) is 1. The lowest BCUT2D eigenvalue weighted by atomic mass is 10.0. The number of carboxylic acids is 2. The van der Waals surface area contributed by atoms with E-state index in [2.05, 4.69) is 20.6 Å². The lowest BCUT2D eigenvalue weighted by molar-refractivity contribution is 0.0686.